The zero-order chi connectivity index (χ0) is 13.8. The van der Waals surface area contributed by atoms with Gasteiger partial charge in [-0.2, -0.15) is 0 Å². The van der Waals surface area contributed by atoms with Crippen LogP contribution in [0.4, 0.5) is 0 Å². The first-order valence-electron chi connectivity index (χ1n) is 7.15. The molecule has 0 aromatic heterocycles. The van der Waals surface area contributed by atoms with Gasteiger partial charge in [0.25, 0.3) is 0 Å². The highest BCUT2D eigenvalue weighted by Crippen LogP contribution is 2.08. The van der Waals surface area contributed by atoms with Crippen molar-refractivity contribution in [3.63, 3.8) is 0 Å². The van der Waals surface area contributed by atoms with Gasteiger partial charge >= 0.3 is 0 Å². The zero-order valence-electron chi connectivity index (χ0n) is 12.2. The number of hydrogen-bond donors (Lipinski definition) is 2. The lowest BCUT2D eigenvalue weighted by atomic mass is 10.1. The van der Waals surface area contributed by atoms with Crippen LogP contribution < -0.4 is 5.32 Å². The number of rotatable bonds is 11. The smallest absolute Gasteiger partial charge is 0.219 e. The van der Waals surface area contributed by atoms with Crippen LogP contribution in [-0.4, -0.2) is 49.2 Å². The van der Waals surface area contributed by atoms with Crippen molar-refractivity contribution in [3.8, 4) is 0 Å². The Labute approximate surface area is 112 Å². The molecule has 2 N–H and O–H groups in total. The first-order chi connectivity index (χ1) is 8.56. The average Bonchev–Trinajstić information content (AvgIpc) is 2.32. The third kappa shape index (κ3) is 11.9. The Hall–Kier alpha value is -0.610. The standard InChI is InChI=1S/C14H30N2O2/c1-4-5-8-13(17)9-6-10-14(18)15-11-7-12-16(2)3/h13,17H,4-12H2,1-3H3,(H,15,18). The number of aliphatic hydroxyl groups excluding tert-OH is 1. The summed E-state index contributed by atoms with van der Waals surface area (Å²) in [6, 6.07) is 0. The number of nitrogens with one attached hydrogen (secondary N) is 1. The van der Waals surface area contributed by atoms with Crippen molar-refractivity contribution in [1.82, 2.24) is 10.2 Å². The second-order valence-corrected chi connectivity index (χ2v) is 5.20. The zero-order valence-corrected chi connectivity index (χ0v) is 12.2. The van der Waals surface area contributed by atoms with Crippen LogP contribution in [0.25, 0.3) is 0 Å². The monoisotopic (exact) mass is 258 g/mol. The second-order valence-electron chi connectivity index (χ2n) is 5.20. The van der Waals surface area contributed by atoms with E-state index in [1.54, 1.807) is 0 Å². The number of unbranched alkanes of at least 4 members (excludes halogenated alkanes) is 1. The van der Waals surface area contributed by atoms with Gasteiger partial charge in [0.15, 0.2) is 0 Å². The molecule has 0 aromatic rings. The Morgan fingerprint density at radius 2 is 1.89 bits per heavy atom. The van der Waals surface area contributed by atoms with E-state index in [1.807, 2.05) is 14.1 Å². The van der Waals surface area contributed by atoms with Gasteiger partial charge < -0.3 is 15.3 Å². The van der Waals surface area contributed by atoms with Gasteiger partial charge in [0, 0.05) is 13.0 Å². The normalized spacial score (nSPS) is 12.7. The molecule has 18 heavy (non-hydrogen) atoms. The van der Waals surface area contributed by atoms with E-state index in [2.05, 4.69) is 17.1 Å². The minimum Gasteiger partial charge on any atom is -0.393 e. The lowest BCUT2D eigenvalue weighted by Gasteiger charge is -2.11. The van der Waals surface area contributed by atoms with Crippen molar-refractivity contribution < 1.29 is 9.90 Å². The summed E-state index contributed by atoms with van der Waals surface area (Å²) in [7, 11) is 4.05. The molecule has 0 radical (unpaired) electrons. The van der Waals surface area contributed by atoms with Crippen molar-refractivity contribution in [3.05, 3.63) is 0 Å². The van der Waals surface area contributed by atoms with Crippen LogP contribution in [0.2, 0.25) is 0 Å². The second kappa shape index (κ2) is 11.5. The van der Waals surface area contributed by atoms with Gasteiger partial charge in [0.2, 0.25) is 5.91 Å². The summed E-state index contributed by atoms with van der Waals surface area (Å²) in [6.07, 6.45) is 5.85. The molecule has 0 spiro atoms. The van der Waals surface area contributed by atoms with Gasteiger partial charge in [0.05, 0.1) is 6.10 Å². The lowest BCUT2D eigenvalue weighted by Crippen LogP contribution is -2.27. The van der Waals surface area contributed by atoms with E-state index in [1.165, 1.54) is 0 Å². The number of nitrogens with zero attached hydrogens (tertiary/aromatic N) is 1. The van der Waals surface area contributed by atoms with Crippen LogP contribution in [0, 0.1) is 0 Å². The Balaban J connectivity index is 3.36. The summed E-state index contributed by atoms with van der Waals surface area (Å²) < 4.78 is 0. The predicted molar refractivity (Wildman–Crippen MR) is 75.6 cm³/mol. The number of carbonyl (C=O) groups is 1. The summed E-state index contributed by atoms with van der Waals surface area (Å²) >= 11 is 0. The maximum atomic E-state index is 11.5. The van der Waals surface area contributed by atoms with Crippen molar-refractivity contribution >= 4 is 5.91 Å². The summed E-state index contributed by atoms with van der Waals surface area (Å²) in [5, 5.41) is 12.5. The SMILES string of the molecule is CCCCC(O)CCCC(=O)NCCCN(C)C. The molecule has 1 amide bonds. The van der Waals surface area contributed by atoms with Crippen LogP contribution in [0.3, 0.4) is 0 Å². The fourth-order valence-electron chi connectivity index (χ4n) is 1.79. The molecule has 0 saturated carbocycles. The quantitative estimate of drug-likeness (QED) is 0.555. The van der Waals surface area contributed by atoms with Crippen molar-refractivity contribution in [1.29, 1.82) is 0 Å². The van der Waals surface area contributed by atoms with Gasteiger partial charge in [-0.15, -0.1) is 0 Å². The maximum absolute atomic E-state index is 11.5. The fourth-order valence-corrected chi connectivity index (χ4v) is 1.79. The van der Waals surface area contributed by atoms with E-state index >= 15 is 0 Å². The van der Waals surface area contributed by atoms with Gasteiger partial charge in [-0.25, -0.2) is 0 Å². The molecule has 0 rings (SSSR count). The van der Waals surface area contributed by atoms with E-state index in [0.717, 1.165) is 51.6 Å². The molecule has 108 valence electrons. The summed E-state index contributed by atoms with van der Waals surface area (Å²) in [5.74, 6) is 0.108. The average molecular weight is 258 g/mol. The first-order valence-corrected chi connectivity index (χ1v) is 7.15. The van der Waals surface area contributed by atoms with E-state index in [0.29, 0.717) is 6.42 Å². The molecule has 0 saturated heterocycles. The molecule has 4 heteroatoms. The number of amides is 1. The molecule has 4 nitrogen and oxygen atoms in total. The minimum atomic E-state index is -0.230. The molecule has 1 unspecified atom stereocenters. The van der Waals surface area contributed by atoms with E-state index < -0.39 is 0 Å². The predicted octanol–water partition coefficient (Wildman–Crippen LogP) is 1.78. The van der Waals surface area contributed by atoms with Crippen molar-refractivity contribution in [2.24, 2.45) is 0 Å². The summed E-state index contributed by atoms with van der Waals surface area (Å²) in [4.78, 5) is 13.6. The number of carbonyl (C=O) groups excluding carboxylic acids is 1. The topological polar surface area (TPSA) is 52.6 Å². The molecule has 0 aliphatic rings. The molecule has 0 bridgehead atoms. The molecule has 0 aliphatic heterocycles. The van der Waals surface area contributed by atoms with Crippen LogP contribution >= 0.6 is 0 Å². The highest BCUT2D eigenvalue weighted by Gasteiger charge is 2.05. The summed E-state index contributed by atoms with van der Waals surface area (Å²) in [6.45, 7) is 3.86. The maximum Gasteiger partial charge on any atom is 0.219 e. The Kier molecular flexibility index (Phi) is 11.1. The lowest BCUT2D eigenvalue weighted by molar-refractivity contribution is -0.121. The highest BCUT2D eigenvalue weighted by atomic mass is 16.3. The van der Waals surface area contributed by atoms with Gasteiger partial charge in [-0.05, 0) is 46.3 Å². The molecular formula is C14H30N2O2. The molecule has 0 fully saturated rings. The number of aliphatic hydroxyl groups is 1. The van der Waals surface area contributed by atoms with Crippen LogP contribution in [0.15, 0.2) is 0 Å². The van der Waals surface area contributed by atoms with E-state index in [-0.39, 0.29) is 12.0 Å². The third-order valence-electron chi connectivity index (χ3n) is 2.94. The summed E-state index contributed by atoms with van der Waals surface area (Å²) in [5.41, 5.74) is 0. The largest absolute Gasteiger partial charge is 0.393 e. The minimum absolute atomic E-state index is 0.108. The Morgan fingerprint density at radius 3 is 2.50 bits per heavy atom. The van der Waals surface area contributed by atoms with Crippen LogP contribution in [-0.2, 0) is 4.79 Å². The van der Waals surface area contributed by atoms with Gasteiger partial charge in [0.1, 0.15) is 0 Å². The van der Waals surface area contributed by atoms with Gasteiger partial charge in [-0.1, -0.05) is 19.8 Å². The van der Waals surface area contributed by atoms with Crippen molar-refractivity contribution in [2.75, 3.05) is 27.2 Å². The van der Waals surface area contributed by atoms with Crippen molar-refractivity contribution in [2.45, 2.75) is 58.0 Å². The third-order valence-corrected chi connectivity index (χ3v) is 2.94. The molecule has 1 atom stereocenters. The highest BCUT2D eigenvalue weighted by molar-refractivity contribution is 5.75. The van der Waals surface area contributed by atoms with E-state index in [9.17, 15) is 9.90 Å². The molecule has 0 aliphatic carbocycles. The fraction of sp³-hybridized carbons (Fsp3) is 0.929. The van der Waals surface area contributed by atoms with E-state index in [4.69, 9.17) is 0 Å². The van der Waals surface area contributed by atoms with Crippen LogP contribution in [0.1, 0.15) is 51.9 Å². The van der Waals surface area contributed by atoms with Gasteiger partial charge in [-0.3, -0.25) is 4.79 Å². The molecule has 0 aromatic carbocycles. The molecular weight excluding hydrogens is 228 g/mol. The van der Waals surface area contributed by atoms with Crippen LogP contribution in [0.5, 0.6) is 0 Å². The molecule has 0 heterocycles. The Bertz CT molecular complexity index is 208. The number of hydrogen-bond acceptors (Lipinski definition) is 3. The first kappa shape index (κ1) is 17.4. The Morgan fingerprint density at radius 1 is 1.22 bits per heavy atom.